The van der Waals surface area contributed by atoms with E-state index in [0.29, 0.717) is 0 Å². The second-order valence-corrected chi connectivity index (χ2v) is 6.36. The quantitative estimate of drug-likeness (QED) is 0.705. The lowest BCUT2D eigenvalue weighted by atomic mass is 10.2. The number of rotatable bonds is 5. The number of anilines is 1. The molecule has 1 aliphatic rings. The van der Waals surface area contributed by atoms with Crippen LogP contribution in [0.1, 0.15) is 5.76 Å². The van der Waals surface area contributed by atoms with E-state index in [2.05, 4.69) is 32.1 Å². The first-order valence-electron chi connectivity index (χ1n) is 8.80. The summed E-state index contributed by atoms with van der Waals surface area (Å²) in [6, 6.07) is 16.0. The highest BCUT2D eigenvalue weighted by Gasteiger charge is 2.19. The van der Waals surface area contributed by atoms with Crippen LogP contribution >= 0.6 is 0 Å². The number of nitrogens with zero attached hydrogens (tertiary/aromatic N) is 4. The molecule has 0 unspecified atom stereocenters. The largest absolute Gasteiger partial charge is 0.497 e. The Kier molecular flexibility index (Phi) is 4.84. The molecule has 0 atom stereocenters. The molecule has 3 aromatic rings. The summed E-state index contributed by atoms with van der Waals surface area (Å²) < 4.78 is 10.8. The summed E-state index contributed by atoms with van der Waals surface area (Å²) in [5, 5.41) is 4.15. The molecular weight excluding hydrogens is 328 g/mol. The zero-order valence-corrected chi connectivity index (χ0v) is 14.8. The van der Waals surface area contributed by atoms with E-state index in [1.165, 1.54) is 5.69 Å². The average Bonchev–Trinajstić information content (AvgIpc) is 3.18. The van der Waals surface area contributed by atoms with Crippen LogP contribution in [0.5, 0.6) is 5.75 Å². The number of benzene rings is 1. The SMILES string of the molecule is COc1cccc(N2CCN(Cc3cc(-c4ccccn4)no3)CC2)c1. The Morgan fingerprint density at radius 1 is 1.00 bits per heavy atom. The van der Waals surface area contributed by atoms with Gasteiger partial charge < -0.3 is 14.2 Å². The lowest BCUT2D eigenvalue weighted by molar-refractivity contribution is 0.220. The molecular formula is C20H22N4O2. The number of ether oxygens (including phenoxy) is 1. The van der Waals surface area contributed by atoms with Gasteiger partial charge in [0, 0.05) is 50.2 Å². The number of piperazine rings is 1. The minimum absolute atomic E-state index is 0.770. The van der Waals surface area contributed by atoms with Crippen molar-refractivity contribution >= 4 is 5.69 Å². The summed E-state index contributed by atoms with van der Waals surface area (Å²) >= 11 is 0. The third-order valence-corrected chi connectivity index (χ3v) is 4.66. The smallest absolute Gasteiger partial charge is 0.151 e. The Labute approximate surface area is 153 Å². The van der Waals surface area contributed by atoms with Gasteiger partial charge in [0.2, 0.25) is 0 Å². The van der Waals surface area contributed by atoms with Gasteiger partial charge in [-0.25, -0.2) is 0 Å². The number of methoxy groups -OCH3 is 1. The van der Waals surface area contributed by atoms with Crippen LogP contribution in [-0.4, -0.2) is 48.3 Å². The van der Waals surface area contributed by atoms with Gasteiger partial charge in [-0.05, 0) is 24.3 Å². The monoisotopic (exact) mass is 350 g/mol. The van der Waals surface area contributed by atoms with Gasteiger partial charge in [0.15, 0.2) is 5.76 Å². The van der Waals surface area contributed by atoms with Gasteiger partial charge >= 0.3 is 0 Å². The van der Waals surface area contributed by atoms with Crippen molar-refractivity contribution in [2.75, 3.05) is 38.2 Å². The minimum Gasteiger partial charge on any atom is -0.497 e. The molecule has 0 aliphatic carbocycles. The van der Waals surface area contributed by atoms with Crippen LogP contribution in [0.25, 0.3) is 11.4 Å². The normalized spacial score (nSPS) is 15.2. The third-order valence-electron chi connectivity index (χ3n) is 4.66. The second kappa shape index (κ2) is 7.58. The van der Waals surface area contributed by atoms with Gasteiger partial charge in [-0.3, -0.25) is 9.88 Å². The van der Waals surface area contributed by atoms with E-state index in [0.717, 1.165) is 55.6 Å². The van der Waals surface area contributed by atoms with Gasteiger partial charge in [-0.1, -0.05) is 17.3 Å². The van der Waals surface area contributed by atoms with Crippen molar-refractivity contribution in [3.05, 3.63) is 60.5 Å². The summed E-state index contributed by atoms with van der Waals surface area (Å²) in [6.07, 6.45) is 1.77. The molecule has 1 fully saturated rings. The van der Waals surface area contributed by atoms with Crippen LogP contribution in [0.3, 0.4) is 0 Å². The highest BCUT2D eigenvalue weighted by Crippen LogP contribution is 2.23. The van der Waals surface area contributed by atoms with Crippen LogP contribution in [0.15, 0.2) is 59.3 Å². The van der Waals surface area contributed by atoms with Gasteiger partial charge in [0.25, 0.3) is 0 Å². The van der Waals surface area contributed by atoms with E-state index in [9.17, 15) is 0 Å². The molecule has 0 saturated carbocycles. The average molecular weight is 350 g/mol. The van der Waals surface area contributed by atoms with Crippen LogP contribution in [0.2, 0.25) is 0 Å². The zero-order valence-electron chi connectivity index (χ0n) is 14.8. The second-order valence-electron chi connectivity index (χ2n) is 6.36. The summed E-state index contributed by atoms with van der Waals surface area (Å²) in [5.41, 5.74) is 2.84. The molecule has 0 radical (unpaired) electrons. The van der Waals surface area contributed by atoms with Gasteiger partial charge in [-0.15, -0.1) is 0 Å². The molecule has 0 N–H and O–H groups in total. The van der Waals surface area contributed by atoms with Crippen molar-refractivity contribution in [2.45, 2.75) is 6.54 Å². The van der Waals surface area contributed by atoms with E-state index >= 15 is 0 Å². The van der Waals surface area contributed by atoms with Crippen LogP contribution in [0, 0.1) is 0 Å². The van der Waals surface area contributed by atoms with Crippen molar-refractivity contribution in [1.82, 2.24) is 15.0 Å². The number of pyridine rings is 1. The first kappa shape index (κ1) is 16.6. The van der Waals surface area contributed by atoms with Gasteiger partial charge in [0.1, 0.15) is 11.4 Å². The third kappa shape index (κ3) is 3.70. The highest BCUT2D eigenvalue weighted by molar-refractivity contribution is 5.53. The van der Waals surface area contributed by atoms with Crippen molar-refractivity contribution in [3.63, 3.8) is 0 Å². The molecule has 4 rings (SSSR count). The highest BCUT2D eigenvalue weighted by atomic mass is 16.5. The molecule has 1 aliphatic heterocycles. The summed E-state index contributed by atoms with van der Waals surface area (Å²) in [4.78, 5) is 9.09. The molecule has 3 heterocycles. The van der Waals surface area contributed by atoms with Crippen LogP contribution in [-0.2, 0) is 6.54 Å². The van der Waals surface area contributed by atoms with E-state index in [1.807, 2.05) is 36.4 Å². The zero-order chi connectivity index (χ0) is 17.8. The van der Waals surface area contributed by atoms with E-state index < -0.39 is 0 Å². The standard InChI is InChI=1S/C20H22N4O2/c1-25-17-6-4-5-16(13-17)24-11-9-23(10-12-24)15-18-14-20(22-26-18)19-7-2-3-8-21-19/h2-8,13-14H,9-12,15H2,1H3. The molecule has 2 aromatic heterocycles. The Bertz CT molecular complexity index is 842. The van der Waals surface area contributed by atoms with Crippen molar-refractivity contribution < 1.29 is 9.26 Å². The van der Waals surface area contributed by atoms with Crippen molar-refractivity contribution in [1.29, 1.82) is 0 Å². The maximum absolute atomic E-state index is 5.50. The summed E-state index contributed by atoms with van der Waals surface area (Å²) in [7, 11) is 1.70. The number of hydrogen-bond donors (Lipinski definition) is 0. The van der Waals surface area contributed by atoms with E-state index in [4.69, 9.17) is 9.26 Å². The summed E-state index contributed by atoms with van der Waals surface area (Å²) in [5.74, 6) is 1.77. The topological polar surface area (TPSA) is 54.6 Å². The Morgan fingerprint density at radius 2 is 1.88 bits per heavy atom. The maximum atomic E-state index is 5.50. The lowest BCUT2D eigenvalue weighted by Crippen LogP contribution is -2.45. The maximum Gasteiger partial charge on any atom is 0.151 e. The predicted octanol–water partition coefficient (Wildman–Crippen LogP) is 3.07. The van der Waals surface area contributed by atoms with Crippen molar-refractivity contribution in [2.24, 2.45) is 0 Å². The molecule has 26 heavy (non-hydrogen) atoms. The number of hydrogen-bond acceptors (Lipinski definition) is 6. The van der Waals surface area contributed by atoms with Crippen molar-refractivity contribution in [3.8, 4) is 17.1 Å². The fourth-order valence-corrected chi connectivity index (χ4v) is 3.21. The molecule has 0 bridgehead atoms. The molecule has 0 spiro atoms. The Hall–Kier alpha value is -2.86. The lowest BCUT2D eigenvalue weighted by Gasteiger charge is -2.35. The molecule has 1 saturated heterocycles. The Balaban J connectivity index is 1.35. The minimum atomic E-state index is 0.770. The first-order chi connectivity index (χ1) is 12.8. The Morgan fingerprint density at radius 3 is 2.65 bits per heavy atom. The predicted molar refractivity (Wildman–Crippen MR) is 100 cm³/mol. The number of aromatic nitrogens is 2. The molecule has 1 aromatic carbocycles. The van der Waals surface area contributed by atoms with E-state index in [-0.39, 0.29) is 0 Å². The van der Waals surface area contributed by atoms with E-state index in [1.54, 1.807) is 13.3 Å². The molecule has 134 valence electrons. The molecule has 6 heteroatoms. The van der Waals surface area contributed by atoms with Crippen LogP contribution in [0.4, 0.5) is 5.69 Å². The van der Waals surface area contributed by atoms with Gasteiger partial charge in [-0.2, -0.15) is 0 Å². The molecule has 0 amide bonds. The molecule has 6 nitrogen and oxygen atoms in total. The van der Waals surface area contributed by atoms with Gasteiger partial charge in [0.05, 0.1) is 19.3 Å². The fourth-order valence-electron chi connectivity index (χ4n) is 3.21. The fraction of sp³-hybridized carbons (Fsp3) is 0.300. The van der Waals surface area contributed by atoms with Crippen LogP contribution < -0.4 is 9.64 Å². The first-order valence-corrected chi connectivity index (χ1v) is 8.80. The summed E-state index contributed by atoms with van der Waals surface area (Å²) in [6.45, 7) is 4.70.